The molecule has 0 spiro atoms. The van der Waals surface area contributed by atoms with Gasteiger partial charge in [0.15, 0.2) is 37.2 Å². The molecule has 0 aromatic rings. The fourth-order valence-electron chi connectivity index (χ4n) is 11.1. The van der Waals surface area contributed by atoms with Crippen LogP contribution in [0, 0.1) is 11.8 Å². The van der Waals surface area contributed by atoms with E-state index in [4.69, 9.17) is 37.9 Å². The fraction of sp³-hybridized carbons (Fsp3) is 0.902. The molecule has 18 atom stereocenters. The van der Waals surface area contributed by atoms with Crippen LogP contribution in [-0.2, 0) is 66.7 Å². The van der Waals surface area contributed by atoms with Crippen molar-refractivity contribution < 1.29 is 97.3 Å². The van der Waals surface area contributed by atoms with Gasteiger partial charge in [0.2, 0.25) is 17.7 Å². The summed E-state index contributed by atoms with van der Waals surface area (Å²) < 4.78 is 48.1. The number of hydrogen-bond donors (Lipinski definition) is 9. The Bertz CT molecular complexity index is 1890. The number of amides is 3. The molecule has 0 aromatic carbocycles. The van der Waals surface area contributed by atoms with Crippen LogP contribution in [0.3, 0.4) is 0 Å². The zero-order chi connectivity index (χ0) is 62.1. The Morgan fingerprint density at radius 1 is 0.488 bits per heavy atom. The van der Waals surface area contributed by atoms with Crippen molar-refractivity contribution in [3.63, 3.8) is 0 Å². The van der Waals surface area contributed by atoms with Gasteiger partial charge in [0.1, 0.15) is 61.9 Å². The van der Waals surface area contributed by atoms with Crippen molar-refractivity contribution in [3.8, 4) is 0 Å². The Hall–Kier alpha value is -3.62. The third kappa shape index (κ3) is 26.0. The van der Waals surface area contributed by atoms with Gasteiger partial charge in [0, 0.05) is 32.8 Å². The summed E-state index contributed by atoms with van der Waals surface area (Å²) in [7, 11) is 1.24. The average molecular weight is 1200 g/mol. The molecule has 23 nitrogen and oxygen atoms in total. The first-order valence-electron chi connectivity index (χ1n) is 31.8. The van der Waals surface area contributed by atoms with Gasteiger partial charge in [-0.15, -0.1) is 0 Å². The number of aliphatic hydroxyl groups excluding tert-OH is 5. The molecule has 0 radical (unpaired) electrons. The number of methoxy groups -OCH3 is 1. The van der Waals surface area contributed by atoms with E-state index >= 15 is 0 Å². The summed E-state index contributed by atoms with van der Waals surface area (Å²) in [6.07, 6.45) is 2.67. The molecule has 3 rings (SSSR count). The SMILES string of the molecule is CCCCCCCCCCCC(C)C(=O)NC1C(OC2C(COC(=O)C(O)CCCCCCCCC)OC(OC)C(NC(C)=O)C2O)OC(C(=O)O)C(O)C1OC1OC(COC(=O)C(O)CCCCCCCCCC)C(C)C(O)C1NC(C)=O. The Morgan fingerprint density at radius 3 is 1.32 bits per heavy atom. The van der Waals surface area contributed by atoms with Crippen LogP contribution in [0.4, 0.5) is 0 Å². The number of rotatable bonds is 43. The van der Waals surface area contributed by atoms with Gasteiger partial charge in [0.05, 0.1) is 12.2 Å². The standard InChI is InChI=1S/C61H109N3O20/c1-9-12-15-18-21-23-25-27-30-33-38(4)55(72)64-48-53(83-60-46(62-40(6)65)49(69)39(5)44(80-60)36-78-57(75)42(67)34-32-29-26-22-19-16-13-10-2)51(71)54(56(73)74)84-61(48)82-52-45(81-59(77-8)47(50(52)70)63-41(7)66)37-79-58(76)43(68)35-31-28-24-20-17-14-11-3/h38-39,42-54,59-61,67-71H,9-37H2,1-8H3,(H,62,65)(H,63,66)(H,64,72)(H,73,74). The molecule has 0 aromatic heterocycles. The van der Waals surface area contributed by atoms with Crippen LogP contribution < -0.4 is 16.0 Å². The number of carboxylic acid groups (broad SMARTS) is 1. The molecule has 18 unspecified atom stereocenters. The molecule has 84 heavy (non-hydrogen) atoms. The van der Waals surface area contributed by atoms with Crippen molar-refractivity contribution in [2.75, 3.05) is 20.3 Å². The van der Waals surface area contributed by atoms with Crippen molar-refractivity contribution in [1.29, 1.82) is 0 Å². The van der Waals surface area contributed by atoms with Crippen LogP contribution in [0.15, 0.2) is 0 Å². The monoisotopic (exact) mass is 1200 g/mol. The van der Waals surface area contributed by atoms with E-state index in [0.29, 0.717) is 25.7 Å². The molecule has 3 aliphatic heterocycles. The summed E-state index contributed by atoms with van der Waals surface area (Å²) in [6, 6.07) is -4.51. The highest BCUT2D eigenvalue weighted by atomic mass is 16.7. The highest BCUT2D eigenvalue weighted by Crippen LogP contribution is 2.35. The predicted molar refractivity (Wildman–Crippen MR) is 309 cm³/mol. The van der Waals surface area contributed by atoms with Crippen molar-refractivity contribution in [1.82, 2.24) is 16.0 Å². The quantitative estimate of drug-likeness (QED) is 0.0253. The second kappa shape index (κ2) is 41.5. The van der Waals surface area contributed by atoms with E-state index in [9.17, 15) is 59.4 Å². The molecule has 0 bridgehead atoms. The summed E-state index contributed by atoms with van der Waals surface area (Å²) >= 11 is 0. The van der Waals surface area contributed by atoms with Crippen LogP contribution in [0.1, 0.15) is 222 Å². The minimum atomic E-state index is -2.20. The molecule has 3 saturated heterocycles. The molecule has 9 N–H and O–H groups in total. The van der Waals surface area contributed by atoms with Crippen LogP contribution in [0.25, 0.3) is 0 Å². The molecule has 488 valence electrons. The lowest BCUT2D eigenvalue weighted by Crippen LogP contribution is -2.71. The number of aliphatic hydroxyl groups is 5. The Balaban J connectivity index is 2.02. The van der Waals surface area contributed by atoms with Crippen molar-refractivity contribution in [2.45, 2.75) is 320 Å². The van der Waals surface area contributed by atoms with Crippen LogP contribution in [-0.4, -0.2) is 185 Å². The van der Waals surface area contributed by atoms with E-state index in [1.54, 1.807) is 13.8 Å². The molecule has 3 fully saturated rings. The molecule has 23 heteroatoms. The van der Waals surface area contributed by atoms with Gasteiger partial charge in [-0.2, -0.15) is 0 Å². The van der Waals surface area contributed by atoms with E-state index in [-0.39, 0.29) is 12.8 Å². The number of carbonyl (C=O) groups excluding carboxylic acids is 5. The van der Waals surface area contributed by atoms with Crippen LogP contribution >= 0.6 is 0 Å². The molecule has 3 amide bonds. The van der Waals surface area contributed by atoms with E-state index in [1.165, 1.54) is 40.2 Å². The van der Waals surface area contributed by atoms with Gasteiger partial charge >= 0.3 is 17.9 Å². The van der Waals surface area contributed by atoms with Gasteiger partial charge in [-0.3, -0.25) is 14.4 Å². The third-order valence-electron chi connectivity index (χ3n) is 16.4. The van der Waals surface area contributed by atoms with E-state index in [0.717, 1.165) is 116 Å². The number of nitrogens with one attached hydrogen (secondary N) is 3. The first kappa shape index (κ1) is 74.6. The summed E-state index contributed by atoms with van der Waals surface area (Å²) in [6.45, 7) is 10.9. The normalized spacial score (nSPS) is 29.0. The van der Waals surface area contributed by atoms with Crippen LogP contribution in [0.5, 0.6) is 0 Å². The summed E-state index contributed by atoms with van der Waals surface area (Å²) in [5.41, 5.74) is 0. The average Bonchev–Trinajstić information content (AvgIpc) is 3.63. The number of aliphatic carboxylic acids is 1. The second-order valence-corrected chi connectivity index (χ2v) is 23.6. The maximum absolute atomic E-state index is 14.5. The minimum absolute atomic E-state index is 0.110. The maximum atomic E-state index is 14.5. The van der Waals surface area contributed by atoms with E-state index in [2.05, 4.69) is 36.7 Å². The number of ether oxygens (including phenoxy) is 8. The number of carbonyl (C=O) groups is 6. The van der Waals surface area contributed by atoms with E-state index in [1.807, 2.05) is 0 Å². The van der Waals surface area contributed by atoms with Gasteiger partial charge < -0.3 is 84.5 Å². The number of esters is 2. The van der Waals surface area contributed by atoms with Crippen LogP contribution in [0.2, 0.25) is 0 Å². The number of hydrogen-bond acceptors (Lipinski definition) is 19. The van der Waals surface area contributed by atoms with Crippen molar-refractivity contribution >= 4 is 35.6 Å². The molecule has 3 heterocycles. The number of unbranched alkanes of at least 4 members (excludes halogenated alkanes) is 21. The minimum Gasteiger partial charge on any atom is -0.479 e. The van der Waals surface area contributed by atoms with E-state index < -0.39 is 159 Å². The lowest BCUT2D eigenvalue weighted by atomic mass is 9.88. The number of carboxylic acids is 1. The predicted octanol–water partition coefficient (Wildman–Crippen LogP) is 5.91. The Kier molecular flexibility index (Phi) is 36.9. The highest BCUT2D eigenvalue weighted by Gasteiger charge is 2.56. The molecular formula is C61H109N3O20. The second-order valence-electron chi connectivity index (χ2n) is 23.6. The summed E-state index contributed by atoms with van der Waals surface area (Å²) in [4.78, 5) is 79.4. The summed E-state index contributed by atoms with van der Waals surface area (Å²) in [5.74, 6) is -7.07. The Morgan fingerprint density at radius 2 is 0.881 bits per heavy atom. The largest absolute Gasteiger partial charge is 0.479 e. The zero-order valence-corrected chi connectivity index (χ0v) is 51.8. The molecular weight excluding hydrogens is 1090 g/mol. The smallest absolute Gasteiger partial charge is 0.335 e. The molecule has 0 aliphatic carbocycles. The van der Waals surface area contributed by atoms with Gasteiger partial charge in [0.25, 0.3) is 0 Å². The zero-order valence-electron chi connectivity index (χ0n) is 51.8. The van der Waals surface area contributed by atoms with Gasteiger partial charge in [-0.1, -0.05) is 189 Å². The fourth-order valence-corrected chi connectivity index (χ4v) is 11.1. The van der Waals surface area contributed by atoms with Crippen molar-refractivity contribution in [3.05, 3.63) is 0 Å². The summed E-state index contributed by atoms with van der Waals surface area (Å²) in [5, 5.41) is 76.3. The maximum Gasteiger partial charge on any atom is 0.335 e. The first-order chi connectivity index (χ1) is 40.2. The van der Waals surface area contributed by atoms with Gasteiger partial charge in [-0.25, -0.2) is 14.4 Å². The van der Waals surface area contributed by atoms with Crippen molar-refractivity contribution in [2.24, 2.45) is 11.8 Å². The molecule has 3 aliphatic rings. The first-order valence-corrected chi connectivity index (χ1v) is 31.8. The third-order valence-corrected chi connectivity index (χ3v) is 16.4. The topological polar surface area (TPSA) is 334 Å². The van der Waals surface area contributed by atoms with Gasteiger partial charge in [-0.05, 0) is 19.3 Å². The lowest BCUT2D eigenvalue weighted by Gasteiger charge is -2.50. The molecule has 0 saturated carbocycles. The lowest BCUT2D eigenvalue weighted by molar-refractivity contribution is -0.344. The highest BCUT2D eigenvalue weighted by molar-refractivity contribution is 5.79. The Labute approximate surface area is 499 Å².